The number of aromatic nitrogens is 2. The molecule has 116 valence electrons. The van der Waals surface area contributed by atoms with Crippen LogP contribution >= 0.6 is 0 Å². The standard InChI is InChI=1S/C15H18N4O3/c1-2-6-13(12-7-4-3-5-8-12)16-15(20)11-18-10-9-14(17-18)19(21)22/h3-5,7-10,13H,2,6,11H2,1H3,(H,16,20)/t13-/m0/s1. The lowest BCUT2D eigenvalue weighted by Gasteiger charge is -2.18. The molecule has 1 aromatic carbocycles. The van der Waals surface area contributed by atoms with Crippen molar-refractivity contribution in [2.45, 2.75) is 32.4 Å². The summed E-state index contributed by atoms with van der Waals surface area (Å²) >= 11 is 0. The molecule has 7 nitrogen and oxygen atoms in total. The average Bonchev–Trinajstić information content (AvgIpc) is 2.96. The molecule has 0 unspecified atom stereocenters. The van der Waals surface area contributed by atoms with E-state index in [0.29, 0.717) is 0 Å². The molecule has 2 rings (SSSR count). The smallest absolute Gasteiger partial charge is 0.358 e. The second kappa shape index (κ2) is 7.35. The fraction of sp³-hybridized carbons (Fsp3) is 0.333. The van der Waals surface area contributed by atoms with Crippen LogP contribution in [0, 0.1) is 10.1 Å². The Labute approximate surface area is 128 Å². The minimum absolute atomic E-state index is 0.0408. The van der Waals surface area contributed by atoms with Gasteiger partial charge < -0.3 is 15.4 Å². The Bertz CT molecular complexity index is 639. The van der Waals surface area contributed by atoms with Crippen molar-refractivity contribution < 1.29 is 9.72 Å². The van der Waals surface area contributed by atoms with E-state index >= 15 is 0 Å². The first-order chi connectivity index (χ1) is 10.6. The van der Waals surface area contributed by atoms with Gasteiger partial charge in [-0.15, -0.1) is 0 Å². The molecule has 2 aromatic rings. The minimum atomic E-state index is -0.585. The van der Waals surface area contributed by atoms with Gasteiger partial charge in [-0.1, -0.05) is 43.7 Å². The number of carbonyl (C=O) groups is 1. The number of benzene rings is 1. The van der Waals surface area contributed by atoms with Crippen molar-refractivity contribution in [3.8, 4) is 0 Å². The number of carbonyl (C=O) groups excluding carboxylic acids is 1. The van der Waals surface area contributed by atoms with Gasteiger partial charge in [-0.25, -0.2) is 0 Å². The predicted molar refractivity (Wildman–Crippen MR) is 81.1 cm³/mol. The summed E-state index contributed by atoms with van der Waals surface area (Å²) in [7, 11) is 0. The lowest BCUT2D eigenvalue weighted by atomic mass is 10.0. The third-order valence-electron chi connectivity index (χ3n) is 3.23. The summed E-state index contributed by atoms with van der Waals surface area (Å²) in [5, 5.41) is 17.3. The normalized spacial score (nSPS) is 11.9. The summed E-state index contributed by atoms with van der Waals surface area (Å²) in [6, 6.07) is 10.9. The minimum Gasteiger partial charge on any atom is -0.358 e. The van der Waals surface area contributed by atoms with E-state index < -0.39 is 4.92 Å². The molecule has 0 aliphatic heterocycles. The number of hydrogen-bond acceptors (Lipinski definition) is 4. The molecule has 0 spiro atoms. The number of nitrogens with one attached hydrogen (secondary N) is 1. The maximum absolute atomic E-state index is 12.1. The van der Waals surface area contributed by atoms with E-state index in [1.54, 1.807) is 0 Å². The van der Waals surface area contributed by atoms with E-state index in [2.05, 4.69) is 17.3 Å². The van der Waals surface area contributed by atoms with E-state index in [9.17, 15) is 14.9 Å². The molecule has 0 aliphatic carbocycles. The maximum Gasteiger partial charge on any atom is 0.389 e. The van der Waals surface area contributed by atoms with Crippen LogP contribution in [0.3, 0.4) is 0 Å². The zero-order chi connectivity index (χ0) is 15.9. The van der Waals surface area contributed by atoms with Crippen LogP contribution in [0.1, 0.15) is 31.4 Å². The highest BCUT2D eigenvalue weighted by Gasteiger charge is 2.17. The van der Waals surface area contributed by atoms with Gasteiger partial charge >= 0.3 is 5.82 Å². The molecule has 0 radical (unpaired) electrons. The van der Waals surface area contributed by atoms with Gasteiger partial charge in [0.05, 0.1) is 23.4 Å². The van der Waals surface area contributed by atoms with E-state index in [1.807, 2.05) is 30.3 Å². The number of amides is 1. The third-order valence-corrected chi connectivity index (χ3v) is 3.23. The first-order valence-corrected chi connectivity index (χ1v) is 7.12. The van der Waals surface area contributed by atoms with Crippen molar-refractivity contribution in [3.63, 3.8) is 0 Å². The zero-order valence-corrected chi connectivity index (χ0v) is 12.3. The molecule has 0 fully saturated rings. The zero-order valence-electron chi connectivity index (χ0n) is 12.3. The van der Waals surface area contributed by atoms with Gasteiger partial charge in [0.25, 0.3) is 0 Å². The van der Waals surface area contributed by atoms with E-state index in [0.717, 1.165) is 18.4 Å². The number of nitrogens with zero attached hydrogens (tertiary/aromatic N) is 3. The molecule has 7 heteroatoms. The fourth-order valence-electron chi connectivity index (χ4n) is 2.22. The van der Waals surface area contributed by atoms with Crippen LogP contribution in [0.4, 0.5) is 5.82 Å². The highest BCUT2D eigenvalue weighted by Crippen LogP contribution is 2.18. The molecule has 1 heterocycles. The first-order valence-electron chi connectivity index (χ1n) is 7.12. The summed E-state index contributed by atoms with van der Waals surface area (Å²) in [6.07, 6.45) is 3.19. The second-order valence-corrected chi connectivity index (χ2v) is 4.95. The van der Waals surface area contributed by atoms with Crippen LogP contribution in [-0.4, -0.2) is 20.6 Å². The van der Waals surface area contributed by atoms with E-state index in [-0.39, 0.29) is 24.3 Å². The van der Waals surface area contributed by atoms with Gasteiger partial charge in [-0.05, 0) is 16.9 Å². The highest BCUT2D eigenvalue weighted by molar-refractivity contribution is 5.76. The van der Waals surface area contributed by atoms with Crippen molar-refractivity contribution in [2.24, 2.45) is 0 Å². The fourth-order valence-corrected chi connectivity index (χ4v) is 2.22. The topological polar surface area (TPSA) is 90.1 Å². The molecule has 1 N–H and O–H groups in total. The molecule has 1 aromatic heterocycles. The quantitative estimate of drug-likeness (QED) is 0.628. The number of hydrogen-bond donors (Lipinski definition) is 1. The Kier molecular flexibility index (Phi) is 5.24. The summed E-state index contributed by atoms with van der Waals surface area (Å²) in [5.41, 5.74) is 1.05. The van der Waals surface area contributed by atoms with Gasteiger partial charge in [0.2, 0.25) is 5.91 Å². The highest BCUT2D eigenvalue weighted by atomic mass is 16.6. The largest absolute Gasteiger partial charge is 0.389 e. The summed E-state index contributed by atoms with van der Waals surface area (Å²) in [5.74, 6) is -0.485. The molecule has 0 bridgehead atoms. The van der Waals surface area contributed by atoms with Crippen LogP contribution in [0.5, 0.6) is 0 Å². The van der Waals surface area contributed by atoms with Crippen molar-refractivity contribution >= 4 is 11.7 Å². The molecule has 0 aliphatic rings. The van der Waals surface area contributed by atoms with Gasteiger partial charge in [-0.3, -0.25) is 4.79 Å². The van der Waals surface area contributed by atoms with Crippen LogP contribution in [-0.2, 0) is 11.3 Å². The average molecular weight is 302 g/mol. The predicted octanol–water partition coefficient (Wildman–Crippen LogP) is 2.45. The Balaban J connectivity index is 2.00. The molecule has 1 atom stereocenters. The SMILES string of the molecule is CCC[C@H](NC(=O)Cn1ccc([N+](=O)[O-])n1)c1ccccc1. The second-order valence-electron chi connectivity index (χ2n) is 4.95. The van der Waals surface area contributed by atoms with E-state index in [1.165, 1.54) is 16.9 Å². The lowest BCUT2D eigenvalue weighted by Crippen LogP contribution is -2.31. The number of nitro groups is 1. The Morgan fingerprint density at radius 2 is 2.09 bits per heavy atom. The molecular weight excluding hydrogens is 284 g/mol. The van der Waals surface area contributed by atoms with Gasteiger partial charge in [0, 0.05) is 0 Å². The Morgan fingerprint density at radius 1 is 1.36 bits per heavy atom. The van der Waals surface area contributed by atoms with Crippen LogP contribution in [0.15, 0.2) is 42.6 Å². The molecule has 22 heavy (non-hydrogen) atoms. The summed E-state index contributed by atoms with van der Waals surface area (Å²) in [6.45, 7) is 2.01. The van der Waals surface area contributed by atoms with Crippen LogP contribution in [0.25, 0.3) is 0 Å². The van der Waals surface area contributed by atoms with Gasteiger partial charge in [0.1, 0.15) is 6.54 Å². The third kappa shape index (κ3) is 4.15. The lowest BCUT2D eigenvalue weighted by molar-refractivity contribution is -0.389. The molecular formula is C15H18N4O3. The van der Waals surface area contributed by atoms with Crippen LogP contribution < -0.4 is 5.32 Å². The Hall–Kier alpha value is -2.70. The van der Waals surface area contributed by atoms with Gasteiger partial charge in [-0.2, -0.15) is 4.68 Å². The molecule has 0 saturated heterocycles. The van der Waals surface area contributed by atoms with Crippen molar-refractivity contribution in [3.05, 3.63) is 58.3 Å². The first kappa shape index (κ1) is 15.7. The monoisotopic (exact) mass is 302 g/mol. The summed E-state index contributed by atoms with van der Waals surface area (Å²) < 4.78 is 1.27. The maximum atomic E-state index is 12.1. The van der Waals surface area contributed by atoms with Crippen molar-refractivity contribution in [1.82, 2.24) is 15.1 Å². The van der Waals surface area contributed by atoms with Crippen molar-refractivity contribution in [1.29, 1.82) is 0 Å². The molecule has 1 amide bonds. The Morgan fingerprint density at radius 3 is 2.68 bits per heavy atom. The summed E-state index contributed by atoms with van der Waals surface area (Å²) in [4.78, 5) is 22.1. The number of rotatable bonds is 7. The van der Waals surface area contributed by atoms with Crippen molar-refractivity contribution in [2.75, 3.05) is 0 Å². The molecule has 0 saturated carbocycles. The van der Waals surface area contributed by atoms with Gasteiger partial charge in [0.15, 0.2) is 0 Å². The van der Waals surface area contributed by atoms with E-state index in [4.69, 9.17) is 0 Å². The van der Waals surface area contributed by atoms with Crippen LogP contribution in [0.2, 0.25) is 0 Å².